The fraction of sp³-hybridized carbons (Fsp3) is 0.286. The van der Waals surface area contributed by atoms with Crippen molar-refractivity contribution < 1.29 is 9.59 Å². The van der Waals surface area contributed by atoms with Crippen LogP contribution in [-0.2, 0) is 22.7 Å². The minimum absolute atomic E-state index is 0.0338. The Morgan fingerprint density at radius 2 is 1.18 bits per heavy atom. The minimum Gasteiger partial charge on any atom is -0.351 e. The van der Waals surface area contributed by atoms with E-state index in [-0.39, 0.29) is 11.8 Å². The molecule has 1 aliphatic rings. The van der Waals surface area contributed by atoms with Gasteiger partial charge >= 0.3 is 0 Å². The Morgan fingerprint density at radius 1 is 0.676 bits per heavy atom. The van der Waals surface area contributed by atoms with E-state index in [1.54, 1.807) is 0 Å². The molecule has 1 heterocycles. The van der Waals surface area contributed by atoms with Crippen LogP contribution in [0.1, 0.15) is 11.1 Å². The van der Waals surface area contributed by atoms with Crippen LogP contribution in [0.2, 0.25) is 0 Å². The number of hydrogen-bond donors (Lipinski definition) is 1. The van der Waals surface area contributed by atoms with Gasteiger partial charge in [0.15, 0.2) is 0 Å². The largest absolute Gasteiger partial charge is 0.351 e. The van der Waals surface area contributed by atoms with Gasteiger partial charge in [-0.1, -0.05) is 78.9 Å². The predicted octanol–water partition coefficient (Wildman–Crippen LogP) is 3.15. The number of rotatable bonds is 9. The summed E-state index contributed by atoms with van der Waals surface area (Å²) in [5, 5.41) is 2.99. The number of piperazine rings is 1. The van der Waals surface area contributed by atoms with Gasteiger partial charge in [0.2, 0.25) is 11.8 Å². The Bertz CT molecular complexity index is 1040. The molecule has 0 spiro atoms. The molecule has 6 nitrogen and oxygen atoms in total. The van der Waals surface area contributed by atoms with Crippen LogP contribution < -0.4 is 10.2 Å². The zero-order valence-corrected chi connectivity index (χ0v) is 19.5. The molecule has 6 heteroatoms. The van der Waals surface area contributed by atoms with Crippen molar-refractivity contribution in [2.45, 2.75) is 13.1 Å². The second kappa shape index (κ2) is 12.1. The maximum Gasteiger partial charge on any atom is 0.241 e. The average molecular weight is 457 g/mol. The van der Waals surface area contributed by atoms with Gasteiger partial charge in [-0.25, -0.2) is 0 Å². The molecule has 3 aromatic carbocycles. The van der Waals surface area contributed by atoms with Gasteiger partial charge in [-0.15, -0.1) is 0 Å². The molecule has 0 bridgehead atoms. The third-order valence-corrected chi connectivity index (χ3v) is 6.08. The van der Waals surface area contributed by atoms with E-state index in [4.69, 9.17) is 0 Å². The number of hydrogen-bond acceptors (Lipinski definition) is 4. The molecule has 1 N–H and O–H groups in total. The van der Waals surface area contributed by atoms with Crippen molar-refractivity contribution >= 4 is 17.5 Å². The molecule has 1 saturated heterocycles. The number of nitrogens with one attached hydrogen (secondary N) is 1. The summed E-state index contributed by atoms with van der Waals surface area (Å²) in [6, 6.07) is 29.8. The topological polar surface area (TPSA) is 55.9 Å². The van der Waals surface area contributed by atoms with E-state index in [9.17, 15) is 9.59 Å². The van der Waals surface area contributed by atoms with Crippen LogP contribution in [0.25, 0.3) is 0 Å². The molecular weight excluding hydrogens is 424 g/mol. The standard InChI is InChI=1S/C28H32N4O2/c33-27(29-20-24-10-4-1-5-11-24)22-30-16-18-31(19-17-30)23-28(34)32(26-14-8-3-9-15-26)21-25-12-6-2-7-13-25/h1-15H,16-23H2,(H,29,33). The van der Waals surface area contributed by atoms with E-state index in [1.165, 1.54) is 0 Å². The molecule has 0 saturated carbocycles. The Balaban J connectivity index is 1.26. The normalized spacial score (nSPS) is 14.5. The van der Waals surface area contributed by atoms with Crippen molar-refractivity contribution in [3.63, 3.8) is 0 Å². The first-order chi connectivity index (χ1) is 16.7. The van der Waals surface area contributed by atoms with Crippen LogP contribution in [0, 0.1) is 0 Å². The lowest BCUT2D eigenvalue weighted by atomic mass is 10.2. The van der Waals surface area contributed by atoms with E-state index in [1.807, 2.05) is 95.9 Å². The van der Waals surface area contributed by atoms with Crippen LogP contribution in [0.5, 0.6) is 0 Å². The molecule has 3 aromatic rings. The summed E-state index contributed by atoms with van der Waals surface area (Å²) < 4.78 is 0. The van der Waals surface area contributed by atoms with Crippen LogP contribution >= 0.6 is 0 Å². The first kappa shape index (κ1) is 23.7. The molecule has 2 amide bonds. The molecule has 176 valence electrons. The smallest absolute Gasteiger partial charge is 0.241 e. The third-order valence-electron chi connectivity index (χ3n) is 6.08. The predicted molar refractivity (Wildman–Crippen MR) is 135 cm³/mol. The number of anilines is 1. The third kappa shape index (κ3) is 7.01. The van der Waals surface area contributed by atoms with Gasteiger partial charge in [-0.2, -0.15) is 0 Å². The summed E-state index contributed by atoms with van der Waals surface area (Å²) in [5.74, 6) is 0.121. The Labute approximate surface area is 201 Å². The van der Waals surface area contributed by atoms with Gasteiger partial charge in [-0.05, 0) is 23.3 Å². The molecule has 1 fully saturated rings. The second-order valence-corrected chi connectivity index (χ2v) is 8.62. The summed E-state index contributed by atoms with van der Waals surface area (Å²) in [4.78, 5) is 31.8. The van der Waals surface area contributed by atoms with Gasteiger partial charge < -0.3 is 10.2 Å². The highest BCUT2D eigenvalue weighted by Crippen LogP contribution is 2.18. The molecule has 0 aliphatic carbocycles. The summed E-state index contributed by atoms with van der Waals surface area (Å²) >= 11 is 0. The molecule has 0 radical (unpaired) electrons. The summed E-state index contributed by atoms with van der Waals surface area (Å²) in [7, 11) is 0. The van der Waals surface area contributed by atoms with Crippen molar-refractivity contribution in [1.29, 1.82) is 0 Å². The van der Waals surface area contributed by atoms with Crippen LogP contribution in [-0.4, -0.2) is 60.9 Å². The monoisotopic (exact) mass is 456 g/mol. The number of benzene rings is 3. The van der Waals surface area contributed by atoms with Crippen LogP contribution in [0.4, 0.5) is 5.69 Å². The molecule has 1 aliphatic heterocycles. The first-order valence-electron chi connectivity index (χ1n) is 11.8. The van der Waals surface area contributed by atoms with E-state index in [0.29, 0.717) is 26.2 Å². The molecule has 34 heavy (non-hydrogen) atoms. The average Bonchev–Trinajstić information content (AvgIpc) is 2.89. The highest BCUT2D eigenvalue weighted by atomic mass is 16.2. The minimum atomic E-state index is 0.0338. The fourth-order valence-electron chi connectivity index (χ4n) is 4.14. The number of carbonyl (C=O) groups excluding carboxylic acids is 2. The Morgan fingerprint density at radius 3 is 1.76 bits per heavy atom. The molecule has 0 aromatic heterocycles. The number of amides is 2. The SMILES string of the molecule is O=C(CN1CCN(CC(=O)N(Cc2ccccc2)c2ccccc2)CC1)NCc1ccccc1. The summed E-state index contributed by atoms with van der Waals surface area (Å²) in [5.41, 5.74) is 3.11. The van der Waals surface area contributed by atoms with E-state index >= 15 is 0 Å². The van der Waals surface area contributed by atoms with Gasteiger partial charge in [0.1, 0.15) is 0 Å². The van der Waals surface area contributed by atoms with E-state index in [0.717, 1.165) is 43.0 Å². The summed E-state index contributed by atoms with van der Waals surface area (Å²) in [6.45, 7) is 4.94. The lowest BCUT2D eigenvalue weighted by molar-refractivity contribution is -0.124. The molecule has 4 rings (SSSR count). The lowest BCUT2D eigenvalue weighted by Gasteiger charge is -2.35. The number of nitrogens with zero attached hydrogens (tertiary/aromatic N) is 3. The van der Waals surface area contributed by atoms with E-state index in [2.05, 4.69) is 15.1 Å². The van der Waals surface area contributed by atoms with Crippen molar-refractivity contribution in [3.8, 4) is 0 Å². The van der Waals surface area contributed by atoms with Crippen molar-refractivity contribution in [2.24, 2.45) is 0 Å². The van der Waals surface area contributed by atoms with E-state index < -0.39 is 0 Å². The molecule has 0 atom stereocenters. The zero-order chi connectivity index (χ0) is 23.6. The van der Waals surface area contributed by atoms with Crippen LogP contribution in [0.3, 0.4) is 0 Å². The number of para-hydroxylation sites is 1. The maximum atomic E-state index is 13.3. The van der Waals surface area contributed by atoms with Crippen molar-refractivity contribution in [2.75, 3.05) is 44.2 Å². The Hall–Kier alpha value is -3.48. The zero-order valence-electron chi connectivity index (χ0n) is 19.5. The van der Waals surface area contributed by atoms with Crippen molar-refractivity contribution in [1.82, 2.24) is 15.1 Å². The molecule has 0 unspecified atom stereocenters. The second-order valence-electron chi connectivity index (χ2n) is 8.62. The van der Waals surface area contributed by atoms with Crippen molar-refractivity contribution in [3.05, 3.63) is 102 Å². The maximum absolute atomic E-state index is 13.3. The quantitative estimate of drug-likeness (QED) is 0.538. The van der Waals surface area contributed by atoms with Crippen LogP contribution in [0.15, 0.2) is 91.0 Å². The first-order valence-corrected chi connectivity index (χ1v) is 11.8. The summed E-state index contributed by atoms with van der Waals surface area (Å²) in [6.07, 6.45) is 0. The Kier molecular flexibility index (Phi) is 8.43. The highest BCUT2D eigenvalue weighted by Gasteiger charge is 2.23. The van der Waals surface area contributed by atoms with Gasteiger partial charge in [0, 0.05) is 38.4 Å². The highest BCUT2D eigenvalue weighted by molar-refractivity contribution is 5.94. The molecular formula is C28H32N4O2. The number of carbonyl (C=O) groups is 2. The van der Waals surface area contributed by atoms with Gasteiger partial charge in [0.25, 0.3) is 0 Å². The lowest BCUT2D eigenvalue weighted by Crippen LogP contribution is -2.52. The van der Waals surface area contributed by atoms with Gasteiger partial charge in [-0.3, -0.25) is 19.4 Å². The fourth-order valence-corrected chi connectivity index (χ4v) is 4.14. The van der Waals surface area contributed by atoms with Gasteiger partial charge in [0.05, 0.1) is 19.6 Å².